The number of aryl methyl sites for hydroxylation is 1. The Morgan fingerprint density at radius 2 is 1.93 bits per heavy atom. The van der Waals surface area contributed by atoms with Gasteiger partial charge in [-0.2, -0.15) is 5.10 Å². The van der Waals surface area contributed by atoms with Crippen LogP contribution in [0.3, 0.4) is 0 Å². The first-order valence-electron chi connectivity index (χ1n) is 8.72. The second-order valence-corrected chi connectivity index (χ2v) is 6.65. The molecule has 0 bridgehead atoms. The van der Waals surface area contributed by atoms with Crippen molar-refractivity contribution in [2.75, 3.05) is 6.79 Å². The van der Waals surface area contributed by atoms with Gasteiger partial charge in [-0.3, -0.25) is 4.79 Å². The van der Waals surface area contributed by atoms with Crippen LogP contribution in [0.15, 0.2) is 65.7 Å². The number of fused-ring (bicyclic) bond motifs is 2. The molecule has 6 heteroatoms. The molecule has 0 atom stereocenters. The molecule has 134 valence electrons. The molecule has 0 saturated carbocycles. The molecule has 0 aliphatic carbocycles. The average molecular weight is 359 g/mol. The maximum atomic E-state index is 12.9. The largest absolute Gasteiger partial charge is 0.454 e. The Morgan fingerprint density at radius 1 is 1.04 bits per heavy atom. The Labute approximate surface area is 155 Å². The van der Waals surface area contributed by atoms with Crippen LogP contribution in [0.2, 0.25) is 0 Å². The van der Waals surface area contributed by atoms with Gasteiger partial charge in [0.1, 0.15) is 5.52 Å². The first-order chi connectivity index (χ1) is 13.2. The van der Waals surface area contributed by atoms with E-state index in [1.807, 2.05) is 55.6 Å². The van der Waals surface area contributed by atoms with Gasteiger partial charge < -0.3 is 14.0 Å². The van der Waals surface area contributed by atoms with E-state index < -0.39 is 0 Å². The van der Waals surface area contributed by atoms with Crippen LogP contribution in [0.25, 0.3) is 16.8 Å². The SMILES string of the molecule is Cc1cccc(Cn2ccn3nc(-c4ccc5c(c4)OCO5)cc3c2=O)c1. The van der Waals surface area contributed by atoms with Gasteiger partial charge in [0.15, 0.2) is 11.5 Å². The van der Waals surface area contributed by atoms with E-state index in [0.29, 0.717) is 17.8 Å². The van der Waals surface area contributed by atoms with Gasteiger partial charge in [-0.05, 0) is 36.8 Å². The minimum atomic E-state index is -0.0708. The molecule has 1 aliphatic rings. The minimum Gasteiger partial charge on any atom is -0.454 e. The molecule has 1 aliphatic heterocycles. The summed E-state index contributed by atoms with van der Waals surface area (Å²) in [5.74, 6) is 1.42. The Bertz CT molecular complexity index is 1220. The fourth-order valence-corrected chi connectivity index (χ4v) is 3.35. The molecule has 0 spiro atoms. The number of rotatable bonds is 3. The van der Waals surface area contributed by atoms with Crippen molar-refractivity contribution in [3.05, 3.63) is 82.4 Å². The van der Waals surface area contributed by atoms with Crippen molar-refractivity contribution >= 4 is 5.52 Å². The van der Waals surface area contributed by atoms with Gasteiger partial charge >= 0.3 is 0 Å². The lowest BCUT2D eigenvalue weighted by Crippen LogP contribution is -2.21. The normalized spacial score (nSPS) is 12.6. The molecule has 0 fully saturated rings. The third kappa shape index (κ3) is 2.75. The highest BCUT2D eigenvalue weighted by Gasteiger charge is 2.16. The molecule has 4 aromatic rings. The Morgan fingerprint density at radius 3 is 2.81 bits per heavy atom. The lowest BCUT2D eigenvalue weighted by molar-refractivity contribution is 0.174. The monoisotopic (exact) mass is 359 g/mol. The Balaban J connectivity index is 1.54. The standard InChI is InChI=1S/C21H17N3O3/c1-14-3-2-4-15(9-14)12-23-7-8-24-18(21(23)25)11-17(22-24)16-5-6-19-20(10-16)27-13-26-19/h2-11H,12-13H2,1H3. The summed E-state index contributed by atoms with van der Waals surface area (Å²) in [5, 5.41) is 4.54. The fourth-order valence-electron chi connectivity index (χ4n) is 3.35. The smallest absolute Gasteiger partial charge is 0.276 e. The molecule has 27 heavy (non-hydrogen) atoms. The summed E-state index contributed by atoms with van der Waals surface area (Å²) in [7, 11) is 0. The van der Waals surface area contributed by atoms with Crippen molar-refractivity contribution in [3.63, 3.8) is 0 Å². The highest BCUT2D eigenvalue weighted by Crippen LogP contribution is 2.35. The molecule has 0 amide bonds. The molecule has 5 rings (SSSR count). The van der Waals surface area contributed by atoms with Crippen LogP contribution in [-0.4, -0.2) is 21.0 Å². The van der Waals surface area contributed by atoms with Crippen molar-refractivity contribution in [1.82, 2.24) is 14.2 Å². The number of aromatic nitrogens is 3. The lowest BCUT2D eigenvalue weighted by atomic mass is 10.1. The number of hydrogen-bond donors (Lipinski definition) is 0. The van der Waals surface area contributed by atoms with Gasteiger partial charge in [-0.15, -0.1) is 0 Å². The maximum Gasteiger partial charge on any atom is 0.276 e. The third-order valence-electron chi connectivity index (χ3n) is 4.71. The Hall–Kier alpha value is -3.54. The van der Waals surface area contributed by atoms with Crippen LogP contribution in [0.1, 0.15) is 11.1 Å². The molecule has 6 nitrogen and oxygen atoms in total. The second-order valence-electron chi connectivity index (χ2n) is 6.65. The van der Waals surface area contributed by atoms with Crippen molar-refractivity contribution in [2.24, 2.45) is 0 Å². The number of nitrogens with zero attached hydrogens (tertiary/aromatic N) is 3. The van der Waals surface area contributed by atoms with Crippen molar-refractivity contribution < 1.29 is 9.47 Å². The molecule has 3 heterocycles. The molecule has 0 saturated heterocycles. The number of benzene rings is 2. The summed E-state index contributed by atoms with van der Waals surface area (Å²) in [6.45, 7) is 2.80. The minimum absolute atomic E-state index is 0.0708. The van der Waals surface area contributed by atoms with Gasteiger partial charge in [0.25, 0.3) is 5.56 Å². The van der Waals surface area contributed by atoms with E-state index in [1.54, 1.807) is 15.3 Å². The third-order valence-corrected chi connectivity index (χ3v) is 4.71. The van der Waals surface area contributed by atoms with Crippen molar-refractivity contribution in [3.8, 4) is 22.8 Å². The summed E-state index contributed by atoms with van der Waals surface area (Å²) in [6, 6.07) is 15.6. The van der Waals surface area contributed by atoms with Crippen LogP contribution >= 0.6 is 0 Å². The number of hydrogen-bond acceptors (Lipinski definition) is 4. The first kappa shape index (κ1) is 15.7. The average Bonchev–Trinajstić information content (AvgIpc) is 3.30. The molecule has 0 unspecified atom stereocenters. The van der Waals surface area contributed by atoms with Gasteiger partial charge in [0.2, 0.25) is 6.79 Å². The predicted octanol–water partition coefficient (Wildman–Crippen LogP) is 3.25. The highest BCUT2D eigenvalue weighted by molar-refractivity contribution is 5.68. The zero-order valence-corrected chi connectivity index (χ0v) is 14.8. The van der Waals surface area contributed by atoms with Gasteiger partial charge in [-0.1, -0.05) is 29.8 Å². The van der Waals surface area contributed by atoms with Crippen LogP contribution < -0.4 is 15.0 Å². The van der Waals surface area contributed by atoms with Gasteiger partial charge in [0, 0.05) is 18.0 Å². The van der Waals surface area contributed by atoms with E-state index in [1.165, 1.54) is 5.56 Å². The van der Waals surface area contributed by atoms with Crippen LogP contribution in [0.5, 0.6) is 11.5 Å². The van der Waals surface area contributed by atoms with Crippen LogP contribution in [0.4, 0.5) is 0 Å². The summed E-state index contributed by atoms with van der Waals surface area (Å²) >= 11 is 0. The van der Waals surface area contributed by atoms with Gasteiger partial charge in [0.05, 0.1) is 12.2 Å². The molecular weight excluding hydrogens is 342 g/mol. The fraction of sp³-hybridized carbons (Fsp3) is 0.143. The second kappa shape index (κ2) is 6.02. The van der Waals surface area contributed by atoms with Crippen molar-refractivity contribution in [1.29, 1.82) is 0 Å². The molecule has 2 aromatic heterocycles. The first-order valence-corrected chi connectivity index (χ1v) is 8.72. The zero-order valence-electron chi connectivity index (χ0n) is 14.8. The van der Waals surface area contributed by atoms with E-state index in [0.717, 1.165) is 22.6 Å². The summed E-state index contributed by atoms with van der Waals surface area (Å²) in [5.41, 5.74) is 4.34. The number of ether oxygens (including phenoxy) is 2. The van der Waals surface area contributed by atoms with E-state index >= 15 is 0 Å². The summed E-state index contributed by atoms with van der Waals surface area (Å²) in [4.78, 5) is 12.9. The van der Waals surface area contributed by atoms with Crippen molar-refractivity contribution in [2.45, 2.75) is 13.5 Å². The van der Waals surface area contributed by atoms with E-state index in [9.17, 15) is 4.79 Å². The molecule has 0 N–H and O–H groups in total. The van der Waals surface area contributed by atoms with E-state index in [-0.39, 0.29) is 12.4 Å². The van der Waals surface area contributed by atoms with Crippen LogP contribution in [0, 0.1) is 6.92 Å². The molecule has 2 aromatic carbocycles. The van der Waals surface area contributed by atoms with E-state index in [4.69, 9.17) is 9.47 Å². The highest BCUT2D eigenvalue weighted by atomic mass is 16.7. The van der Waals surface area contributed by atoms with E-state index in [2.05, 4.69) is 11.2 Å². The molecular formula is C21H17N3O3. The zero-order chi connectivity index (χ0) is 18.4. The van der Waals surface area contributed by atoms with Gasteiger partial charge in [-0.25, -0.2) is 4.52 Å². The Kier molecular flexibility index (Phi) is 3.50. The van der Waals surface area contributed by atoms with Crippen LogP contribution in [-0.2, 0) is 6.54 Å². The summed E-state index contributed by atoms with van der Waals surface area (Å²) < 4.78 is 14.1. The quantitative estimate of drug-likeness (QED) is 0.563. The predicted molar refractivity (Wildman–Crippen MR) is 101 cm³/mol. The lowest BCUT2D eigenvalue weighted by Gasteiger charge is -2.06. The topological polar surface area (TPSA) is 57.8 Å². The summed E-state index contributed by atoms with van der Waals surface area (Å²) in [6.07, 6.45) is 3.58. The molecule has 0 radical (unpaired) electrons. The maximum absolute atomic E-state index is 12.9.